The van der Waals surface area contributed by atoms with Crippen LogP contribution in [0.1, 0.15) is 30.0 Å². The number of hydrogen-bond acceptors (Lipinski definition) is 2. The Labute approximate surface area is 139 Å². The Bertz CT molecular complexity index is 655. The van der Waals surface area contributed by atoms with Crippen molar-refractivity contribution >= 4 is 5.97 Å². The third-order valence-electron chi connectivity index (χ3n) is 4.54. The van der Waals surface area contributed by atoms with Gasteiger partial charge in [-0.2, -0.15) is 0 Å². The molecule has 2 aromatic carbocycles. The molecule has 1 aliphatic rings. The van der Waals surface area contributed by atoms with Crippen molar-refractivity contribution < 1.29 is 18.7 Å². The maximum atomic E-state index is 13.3. The van der Waals surface area contributed by atoms with E-state index in [4.69, 9.17) is 0 Å². The van der Waals surface area contributed by atoms with E-state index < -0.39 is 11.9 Å². The Morgan fingerprint density at radius 2 is 1.50 bits per heavy atom. The van der Waals surface area contributed by atoms with Gasteiger partial charge in [-0.1, -0.05) is 24.3 Å². The van der Waals surface area contributed by atoms with Crippen molar-refractivity contribution in [2.75, 3.05) is 13.1 Å². The predicted octanol–water partition coefficient (Wildman–Crippen LogP) is 3.85. The van der Waals surface area contributed by atoms with Crippen LogP contribution in [0.4, 0.5) is 8.78 Å². The van der Waals surface area contributed by atoms with Crippen molar-refractivity contribution in [1.29, 1.82) is 0 Å². The number of benzene rings is 2. The Kier molecular flexibility index (Phi) is 4.90. The molecule has 0 aliphatic carbocycles. The number of carboxylic acid groups (broad SMARTS) is 1. The molecule has 0 spiro atoms. The van der Waals surface area contributed by atoms with E-state index in [-0.39, 0.29) is 17.7 Å². The summed E-state index contributed by atoms with van der Waals surface area (Å²) in [4.78, 5) is 13.4. The third kappa shape index (κ3) is 3.62. The average molecular weight is 331 g/mol. The molecule has 3 nitrogen and oxygen atoms in total. The van der Waals surface area contributed by atoms with Gasteiger partial charge in [0.1, 0.15) is 11.6 Å². The Morgan fingerprint density at radius 1 is 1.00 bits per heavy atom. The molecule has 0 radical (unpaired) electrons. The quantitative estimate of drug-likeness (QED) is 0.925. The van der Waals surface area contributed by atoms with Crippen molar-refractivity contribution in [2.45, 2.75) is 18.9 Å². The normalized spacial score (nSPS) is 18.7. The molecule has 1 heterocycles. The van der Waals surface area contributed by atoms with Gasteiger partial charge in [-0.3, -0.25) is 9.69 Å². The highest BCUT2D eigenvalue weighted by Gasteiger charge is 2.31. The molecule has 0 aromatic heterocycles. The van der Waals surface area contributed by atoms with Crippen molar-refractivity contribution in [1.82, 2.24) is 4.90 Å². The number of carbonyl (C=O) groups is 1. The molecule has 24 heavy (non-hydrogen) atoms. The molecule has 1 N–H and O–H groups in total. The number of nitrogens with zero attached hydrogens (tertiary/aromatic N) is 1. The highest BCUT2D eigenvalue weighted by Crippen LogP contribution is 2.32. The number of rotatable bonds is 4. The Balaban J connectivity index is 1.96. The smallest absolute Gasteiger partial charge is 0.307 e. The maximum Gasteiger partial charge on any atom is 0.307 e. The van der Waals surface area contributed by atoms with Crippen LogP contribution in [0.5, 0.6) is 0 Å². The fraction of sp³-hybridized carbons (Fsp3) is 0.316. The zero-order chi connectivity index (χ0) is 17.1. The number of halogens is 2. The van der Waals surface area contributed by atoms with Crippen LogP contribution in [0, 0.1) is 17.6 Å². The van der Waals surface area contributed by atoms with Crippen LogP contribution in [-0.2, 0) is 4.79 Å². The minimum atomic E-state index is -0.795. The molecule has 1 atom stereocenters. The van der Waals surface area contributed by atoms with Gasteiger partial charge in [0.25, 0.3) is 0 Å². The zero-order valence-corrected chi connectivity index (χ0v) is 13.2. The molecule has 0 amide bonds. The van der Waals surface area contributed by atoms with E-state index in [9.17, 15) is 18.7 Å². The number of piperidine rings is 1. The first-order valence-electron chi connectivity index (χ1n) is 8.02. The maximum absolute atomic E-state index is 13.3. The van der Waals surface area contributed by atoms with Gasteiger partial charge < -0.3 is 5.11 Å². The van der Waals surface area contributed by atoms with Crippen molar-refractivity contribution in [3.05, 3.63) is 71.3 Å². The summed E-state index contributed by atoms with van der Waals surface area (Å²) < 4.78 is 26.5. The van der Waals surface area contributed by atoms with Gasteiger partial charge in [-0.25, -0.2) is 8.78 Å². The summed E-state index contributed by atoms with van der Waals surface area (Å²) >= 11 is 0. The second-order valence-corrected chi connectivity index (χ2v) is 6.18. The van der Waals surface area contributed by atoms with Crippen LogP contribution < -0.4 is 0 Å². The fourth-order valence-corrected chi connectivity index (χ4v) is 3.35. The molecule has 1 unspecified atom stereocenters. The van der Waals surface area contributed by atoms with E-state index in [0.717, 1.165) is 24.1 Å². The van der Waals surface area contributed by atoms with Gasteiger partial charge in [-0.15, -0.1) is 0 Å². The number of hydrogen-bond donors (Lipinski definition) is 1. The number of aliphatic carboxylic acids is 1. The Hall–Kier alpha value is -2.27. The van der Waals surface area contributed by atoms with Gasteiger partial charge in [0.15, 0.2) is 0 Å². The second kappa shape index (κ2) is 7.09. The van der Waals surface area contributed by atoms with Gasteiger partial charge in [0.2, 0.25) is 0 Å². The first-order chi connectivity index (χ1) is 11.5. The molecular formula is C19H19F2NO2. The SMILES string of the molecule is O=C(O)C1CCCN(C(c2ccc(F)cc2)c2ccc(F)cc2)C1. The lowest BCUT2D eigenvalue weighted by atomic mass is 9.91. The first-order valence-corrected chi connectivity index (χ1v) is 8.02. The topological polar surface area (TPSA) is 40.5 Å². The number of likely N-dealkylation sites (tertiary alicyclic amines) is 1. The minimum Gasteiger partial charge on any atom is -0.481 e. The third-order valence-corrected chi connectivity index (χ3v) is 4.54. The standard InChI is InChI=1S/C19H19F2NO2/c20-16-7-3-13(4-8-16)18(14-5-9-17(21)10-6-14)22-11-1-2-15(12-22)19(23)24/h3-10,15,18H,1-2,11-12H2,(H,23,24). The summed E-state index contributed by atoms with van der Waals surface area (Å²) in [6.45, 7) is 1.18. The van der Waals surface area contributed by atoms with Crippen LogP contribution in [0.25, 0.3) is 0 Å². The summed E-state index contributed by atoms with van der Waals surface area (Å²) in [6, 6.07) is 12.2. The minimum absolute atomic E-state index is 0.214. The van der Waals surface area contributed by atoms with Crippen molar-refractivity contribution in [3.63, 3.8) is 0 Å². The first kappa shape index (κ1) is 16.6. The van der Waals surface area contributed by atoms with Crippen LogP contribution in [0.3, 0.4) is 0 Å². The second-order valence-electron chi connectivity index (χ2n) is 6.18. The highest BCUT2D eigenvalue weighted by atomic mass is 19.1. The summed E-state index contributed by atoms with van der Waals surface area (Å²) in [7, 11) is 0. The fourth-order valence-electron chi connectivity index (χ4n) is 3.35. The van der Waals surface area contributed by atoms with Crippen molar-refractivity contribution in [2.24, 2.45) is 5.92 Å². The molecule has 2 aromatic rings. The summed E-state index contributed by atoms with van der Waals surface area (Å²) in [6.07, 6.45) is 1.45. The lowest BCUT2D eigenvalue weighted by Gasteiger charge is -2.37. The summed E-state index contributed by atoms with van der Waals surface area (Å²) in [5.74, 6) is -1.85. The van der Waals surface area contributed by atoms with E-state index in [1.807, 2.05) is 0 Å². The lowest BCUT2D eigenvalue weighted by molar-refractivity contribution is -0.143. The van der Waals surface area contributed by atoms with Crippen LogP contribution >= 0.6 is 0 Å². The molecule has 0 bridgehead atoms. The zero-order valence-electron chi connectivity index (χ0n) is 13.2. The molecular weight excluding hydrogens is 312 g/mol. The van der Waals surface area contributed by atoms with Gasteiger partial charge in [-0.05, 0) is 54.8 Å². The highest BCUT2D eigenvalue weighted by molar-refractivity contribution is 5.70. The molecule has 126 valence electrons. The average Bonchev–Trinajstić information content (AvgIpc) is 2.59. The van der Waals surface area contributed by atoms with Crippen LogP contribution in [0.15, 0.2) is 48.5 Å². The van der Waals surface area contributed by atoms with E-state index in [1.54, 1.807) is 24.3 Å². The molecule has 5 heteroatoms. The van der Waals surface area contributed by atoms with Gasteiger partial charge in [0, 0.05) is 6.54 Å². The summed E-state index contributed by atoms with van der Waals surface area (Å²) in [5, 5.41) is 9.33. The predicted molar refractivity (Wildman–Crippen MR) is 86.6 cm³/mol. The van der Waals surface area contributed by atoms with Crippen LogP contribution in [0.2, 0.25) is 0 Å². The molecule has 0 saturated carbocycles. The summed E-state index contributed by atoms with van der Waals surface area (Å²) in [5.41, 5.74) is 1.74. The van der Waals surface area contributed by atoms with E-state index in [1.165, 1.54) is 24.3 Å². The number of carboxylic acids is 1. The monoisotopic (exact) mass is 331 g/mol. The molecule has 1 saturated heterocycles. The molecule has 3 rings (SSSR count). The van der Waals surface area contributed by atoms with E-state index in [0.29, 0.717) is 13.0 Å². The lowest BCUT2D eigenvalue weighted by Crippen LogP contribution is -2.41. The van der Waals surface area contributed by atoms with Gasteiger partial charge >= 0.3 is 5.97 Å². The van der Waals surface area contributed by atoms with Gasteiger partial charge in [0.05, 0.1) is 12.0 Å². The Morgan fingerprint density at radius 3 is 1.96 bits per heavy atom. The van der Waals surface area contributed by atoms with E-state index in [2.05, 4.69) is 4.90 Å². The van der Waals surface area contributed by atoms with E-state index >= 15 is 0 Å². The molecule has 1 fully saturated rings. The molecule has 1 aliphatic heterocycles. The van der Waals surface area contributed by atoms with Crippen molar-refractivity contribution in [3.8, 4) is 0 Å². The largest absolute Gasteiger partial charge is 0.481 e. The van der Waals surface area contributed by atoms with Crippen LogP contribution in [-0.4, -0.2) is 29.1 Å².